The molecule has 2 fully saturated rings. The summed E-state index contributed by atoms with van der Waals surface area (Å²) in [6.45, 7) is 2.86. The third kappa shape index (κ3) is 2.26. The van der Waals surface area contributed by atoms with Crippen molar-refractivity contribution in [3.05, 3.63) is 12.7 Å². The fourth-order valence-electron chi connectivity index (χ4n) is 2.47. The molecular weight excluding hydrogens is 228 g/mol. The van der Waals surface area contributed by atoms with E-state index in [0.717, 1.165) is 12.5 Å². The van der Waals surface area contributed by atoms with Gasteiger partial charge in [-0.15, -0.1) is 0 Å². The molecule has 0 saturated heterocycles. The van der Waals surface area contributed by atoms with Crippen LogP contribution in [0.1, 0.15) is 45.1 Å². The zero-order chi connectivity index (χ0) is 12.5. The van der Waals surface area contributed by atoms with Crippen LogP contribution in [-0.2, 0) is 4.79 Å². The SMILES string of the molecule is CC(C(=O)N(CC1CC1)C1CCC1)n1cncn1. The van der Waals surface area contributed by atoms with Gasteiger partial charge in [-0.1, -0.05) is 0 Å². The molecule has 0 aromatic carbocycles. The normalized spacial score (nSPS) is 21.4. The van der Waals surface area contributed by atoms with Gasteiger partial charge in [0, 0.05) is 12.6 Å². The molecule has 18 heavy (non-hydrogen) atoms. The van der Waals surface area contributed by atoms with Crippen LogP contribution in [0.15, 0.2) is 12.7 Å². The molecule has 0 radical (unpaired) electrons. The summed E-state index contributed by atoms with van der Waals surface area (Å²) in [5.74, 6) is 0.953. The quantitative estimate of drug-likeness (QED) is 0.795. The third-order valence-corrected chi connectivity index (χ3v) is 4.14. The van der Waals surface area contributed by atoms with Crippen LogP contribution in [0.4, 0.5) is 0 Å². The minimum Gasteiger partial charge on any atom is -0.338 e. The molecule has 2 aliphatic carbocycles. The molecule has 98 valence electrons. The van der Waals surface area contributed by atoms with E-state index in [-0.39, 0.29) is 11.9 Å². The van der Waals surface area contributed by atoms with Crippen molar-refractivity contribution >= 4 is 5.91 Å². The van der Waals surface area contributed by atoms with Crippen LogP contribution >= 0.6 is 0 Å². The number of hydrogen-bond acceptors (Lipinski definition) is 3. The van der Waals surface area contributed by atoms with Crippen molar-refractivity contribution in [1.82, 2.24) is 19.7 Å². The van der Waals surface area contributed by atoms with Gasteiger partial charge in [-0.2, -0.15) is 5.10 Å². The highest BCUT2D eigenvalue weighted by atomic mass is 16.2. The van der Waals surface area contributed by atoms with Crippen LogP contribution < -0.4 is 0 Å². The largest absolute Gasteiger partial charge is 0.338 e. The number of carbonyl (C=O) groups is 1. The molecule has 3 rings (SSSR count). The highest BCUT2D eigenvalue weighted by molar-refractivity contribution is 5.80. The number of amides is 1. The lowest BCUT2D eigenvalue weighted by atomic mass is 9.90. The van der Waals surface area contributed by atoms with E-state index in [0.29, 0.717) is 6.04 Å². The minimum absolute atomic E-state index is 0.206. The predicted molar refractivity (Wildman–Crippen MR) is 66.8 cm³/mol. The summed E-state index contributed by atoms with van der Waals surface area (Å²) < 4.78 is 1.65. The van der Waals surface area contributed by atoms with Gasteiger partial charge < -0.3 is 4.90 Å². The maximum Gasteiger partial charge on any atom is 0.247 e. The summed E-state index contributed by atoms with van der Waals surface area (Å²) in [6.07, 6.45) is 9.28. The number of carbonyl (C=O) groups excluding carboxylic acids is 1. The van der Waals surface area contributed by atoms with Crippen molar-refractivity contribution in [2.75, 3.05) is 6.54 Å². The number of nitrogens with zero attached hydrogens (tertiary/aromatic N) is 4. The number of rotatable bonds is 5. The summed E-state index contributed by atoms with van der Waals surface area (Å²) >= 11 is 0. The van der Waals surface area contributed by atoms with Crippen molar-refractivity contribution in [2.45, 2.75) is 51.1 Å². The first-order valence-electron chi connectivity index (χ1n) is 6.90. The van der Waals surface area contributed by atoms with Crippen LogP contribution in [-0.4, -0.2) is 38.2 Å². The molecule has 1 unspecified atom stereocenters. The monoisotopic (exact) mass is 248 g/mol. The molecule has 5 heteroatoms. The molecule has 1 aromatic heterocycles. The van der Waals surface area contributed by atoms with E-state index in [1.807, 2.05) is 6.92 Å². The maximum atomic E-state index is 12.6. The molecule has 1 heterocycles. The molecule has 0 bridgehead atoms. The van der Waals surface area contributed by atoms with Crippen molar-refractivity contribution in [3.8, 4) is 0 Å². The van der Waals surface area contributed by atoms with Crippen LogP contribution in [0.5, 0.6) is 0 Å². The number of hydrogen-bond donors (Lipinski definition) is 0. The molecule has 1 atom stereocenters. The molecule has 0 spiro atoms. The maximum absolute atomic E-state index is 12.6. The van der Waals surface area contributed by atoms with Crippen molar-refractivity contribution < 1.29 is 4.79 Å². The lowest BCUT2D eigenvalue weighted by Crippen LogP contribution is -2.47. The smallest absolute Gasteiger partial charge is 0.247 e. The Balaban J connectivity index is 1.69. The summed E-state index contributed by atoms with van der Waals surface area (Å²) in [5.41, 5.74) is 0. The minimum atomic E-state index is -0.230. The van der Waals surface area contributed by atoms with Gasteiger partial charge in [-0.05, 0) is 44.9 Å². The zero-order valence-corrected chi connectivity index (χ0v) is 10.8. The first-order chi connectivity index (χ1) is 8.75. The van der Waals surface area contributed by atoms with E-state index < -0.39 is 0 Å². The Kier molecular flexibility index (Phi) is 3.06. The van der Waals surface area contributed by atoms with E-state index in [1.165, 1.54) is 38.4 Å². The lowest BCUT2D eigenvalue weighted by Gasteiger charge is -2.39. The number of aromatic nitrogens is 3. The molecule has 1 amide bonds. The van der Waals surface area contributed by atoms with Crippen molar-refractivity contribution in [1.29, 1.82) is 0 Å². The van der Waals surface area contributed by atoms with Crippen LogP contribution in [0.2, 0.25) is 0 Å². The van der Waals surface area contributed by atoms with Gasteiger partial charge in [-0.25, -0.2) is 9.67 Å². The average molecular weight is 248 g/mol. The van der Waals surface area contributed by atoms with E-state index >= 15 is 0 Å². The van der Waals surface area contributed by atoms with E-state index in [1.54, 1.807) is 11.0 Å². The first-order valence-corrected chi connectivity index (χ1v) is 6.90. The van der Waals surface area contributed by atoms with Gasteiger partial charge in [-0.3, -0.25) is 4.79 Å². The zero-order valence-electron chi connectivity index (χ0n) is 10.8. The van der Waals surface area contributed by atoms with Gasteiger partial charge in [0.25, 0.3) is 0 Å². The highest BCUT2D eigenvalue weighted by Gasteiger charge is 2.35. The van der Waals surface area contributed by atoms with Crippen molar-refractivity contribution in [2.24, 2.45) is 5.92 Å². The molecule has 2 aliphatic rings. The molecule has 1 aromatic rings. The van der Waals surface area contributed by atoms with E-state index in [4.69, 9.17) is 0 Å². The second kappa shape index (κ2) is 4.71. The Morgan fingerprint density at radius 1 is 1.44 bits per heavy atom. The molecule has 2 saturated carbocycles. The van der Waals surface area contributed by atoms with Crippen LogP contribution in [0.3, 0.4) is 0 Å². The fraction of sp³-hybridized carbons (Fsp3) is 0.769. The molecule has 0 N–H and O–H groups in total. The standard InChI is InChI=1S/C13H20N4O/c1-10(17-9-14-8-15-17)13(18)16(7-11-5-6-11)12-3-2-4-12/h8-12H,2-7H2,1H3. The summed E-state index contributed by atoms with van der Waals surface area (Å²) in [6, 6.07) is 0.246. The lowest BCUT2D eigenvalue weighted by molar-refractivity contribution is -0.139. The summed E-state index contributed by atoms with van der Waals surface area (Å²) in [5, 5.41) is 4.08. The van der Waals surface area contributed by atoms with E-state index in [2.05, 4.69) is 15.0 Å². The van der Waals surface area contributed by atoms with Gasteiger partial charge in [0.15, 0.2) is 0 Å². The highest BCUT2D eigenvalue weighted by Crippen LogP contribution is 2.34. The molecule has 0 aliphatic heterocycles. The Hall–Kier alpha value is -1.39. The molecule has 5 nitrogen and oxygen atoms in total. The Bertz CT molecular complexity index is 409. The van der Waals surface area contributed by atoms with Crippen molar-refractivity contribution in [3.63, 3.8) is 0 Å². The topological polar surface area (TPSA) is 51.0 Å². The Labute approximate surface area is 107 Å². The van der Waals surface area contributed by atoms with Gasteiger partial charge >= 0.3 is 0 Å². The Morgan fingerprint density at radius 2 is 2.22 bits per heavy atom. The third-order valence-electron chi connectivity index (χ3n) is 4.14. The van der Waals surface area contributed by atoms with E-state index in [9.17, 15) is 4.79 Å². The summed E-state index contributed by atoms with van der Waals surface area (Å²) in [4.78, 5) is 18.6. The van der Waals surface area contributed by atoms with Gasteiger partial charge in [0.1, 0.15) is 18.7 Å². The van der Waals surface area contributed by atoms with Gasteiger partial charge in [0.2, 0.25) is 5.91 Å². The second-order valence-electron chi connectivity index (χ2n) is 5.57. The fourth-order valence-corrected chi connectivity index (χ4v) is 2.47. The summed E-state index contributed by atoms with van der Waals surface area (Å²) in [7, 11) is 0. The average Bonchev–Trinajstić information content (AvgIpc) is 2.95. The van der Waals surface area contributed by atoms with Gasteiger partial charge in [0.05, 0.1) is 0 Å². The second-order valence-corrected chi connectivity index (χ2v) is 5.57. The predicted octanol–water partition coefficient (Wildman–Crippen LogP) is 1.63. The van der Waals surface area contributed by atoms with Crippen LogP contribution in [0, 0.1) is 5.92 Å². The Morgan fingerprint density at radius 3 is 2.72 bits per heavy atom. The first kappa shape index (κ1) is 11.7. The van der Waals surface area contributed by atoms with Crippen LogP contribution in [0.25, 0.3) is 0 Å². The molecular formula is C13H20N4O.